The summed E-state index contributed by atoms with van der Waals surface area (Å²) in [5, 5.41) is 8.94. The van der Waals surface area contributed by atoms with Crippen molar-refractivity contribution in [3.05, 3.63) is 23.7 Å². The maximum absolute atomic E-state index is 8.94. The van der Waals surface area contributed by atoms with Gasteiger partial charge in [0.05, 0.1) is 6.54 Å². The second-order valence-electron chi connectivity index (χ2n) is 5.23. The van der Waals surface area contributed by atoms with Crippen LogP contribution in [0.25, 0.3) is 0 Å². The van der Waals surface area contributed by atoms with Crippen molar-refractivity contribution in [2.75, 3.05) is 13.6 Å². The van der Waals surface area contributed by atoms with E-state index < -0.39 is 0 Å². The Hall–Kier alpha value is -0.800. The predicted molar refractivity (Wildman–Crippen MR) is 67.5 cm³/mol. The first-order chi connectivity index (χ1) is 8.28. The van der Waals surface area contributed by atoms with E-state index in [1.54, 1.807) is 0 Å². The fourth-order valence-electron chi connectivity index (χ4n) is 2.73. The lowest BCUT2D eigenvalue weighted by atomic mass is 9.89. The number of hydrogen-bond donors (Lipinski definition) is 1. The molecule has 1 aromatic rings. The van der Waals surface area contributed by atoms with Crippen LogP contribution in [-0.4, -0.2) is 23.6 Å². The van der Waals surface area contributed by atoms with Crippen LogP contribution in [0.3, 0.4) is 0 Å². The molecule has 0 saturated heterocycles. The number of nitrogens with zero attached hydrogens (tertiary/aromatic N) is 1. The molecule has 96 valence electrons. The van der Waals surface area contributed by atoms with Gasteiger partial charge in [0, 0.05) is 6.54 Å². The van der Waals surface area contributed by atoms with Gasteiger partial charge in [0.25, 0.3) is 0 Å². The Labute approximate surface area is 103 Å². The van der Waals surface area contributed by atoms with Crippen LogP contribution in [0.4, 0.5) is 0 Å². The summed E-state index contributed by atoms with van der Waals surface area (Å²) in [6.45, 7) is 2.00. The predicted octanol–water partition coefficient (Wildman–Crippen LogP) is 2.78. The van der Waals surface area contributed by atoms with Crippen molar-refractivity contribution >= 4 is 0 Å². The van der Waals surface area contributed by atoms with Crippen molar-refractivity contribution in [2.24, 2.45) is 5.92 Å². The molecule has 3 heteroatoms. The lowest BCUT2D eigenvalue weighted by Gasteiger charge is -2.26. The van der Waals surface area contributed by atoms with Gasteiger partial charge in [0.1, 0.15) is 18.1 Å². The molecule has 1 fully saturated rings. The molecule has 0 aliphatic heterocycles. The maximum atomic E-state index is 8.94. The molecule has 0 unspecified atom stereocenters. The number of rotatable bonds is 5. The van der Waals surface area contributed by atoms with Crippen LogP contribution < -0.4 is 0 Å². The van der Waals surface area contributed by atoms with Crippen molar-refractivity contribution < 1.29 is 9.52 Å². The summed E-state index contributed by atoms with van der Waals surface area (Å²) in [5.41, 5.74) is 0. The van der Waals surface area contributed by atoms with Crippen LogP contribution in [0.5, 0.6) is 0 Å². The Balaban J connectivity index is 1.77. The molecule has 0 atom stereocenters. The molecular weight excluding hydrogens is 214 g/mol. The van der Waals surface area contributed by atoms with Crippen LogP contribution in [0.15, 0.2) is 16.5 Å². The fraction of sp³-hybridized carbons (Fsp3) is 0.714. The van der Waals surface area contributed by atoms with Crippen LogP contribution in [0, 0.1) is 5.92 Å². The van der Waals surface area contributed by atoms with Crippen LogP contribution >= 0.6 is 0 Å². The van der Waals surface area contributed by atoms with Crippen LogP contribution in [-0.2, 0) is 13.2 Å². The Kier molecular flexibility index (Phi) is 4.63. The van der Waals surface area contributed by atoms with Crippen molar-refractivity contribution in [1.82, 2.24) is 4.90 Å². The molecule has 0 radical (unpaired) electrons. The summed E-state index contributed by atoms with van der Waals surface area (Å²) in [7, 11) is 2.15. The highest BCUT2D eigenvalue weighted by Gasteiger charge is 2.16. The van der Waals surface area contributed by atoms with E-state index in [4.69, 9.17) is 9.52 Å². The zero-order valence-corrected chi connectivity index (χ0v) is 10.7. The zero-order valence-electron chi connectivity index (χ0n) is 10.7. The molecule has 1 aliphatic carbocycles. The second kappa shape index (κ2) is 6.22. The molecule has 2 rings (SSSR count). The van der Waals surface area contributed by atoms with Gasteiger partial charge < -0.3 is 9.52 Å². The number of aliphatic hydroxyl groups is 1. The van der Waals surface area contributed by atoms with Gasteiger partial charge in [-0.25, -0.2) is 0 Å². The first-order valence-electron chi connectivity index (χ1n) is 6.65. The molecular formula is C14H23NO2. The zero-order chi connectivity index (χ0) is 12.1. The van der Waals surface area contributed by atoms with E-state index in [9.17, 15) is 0 Å². The first-order valence-corrected chi connectivity index (χ1v) is 6.65. The van der Waals surface area contributed by atoms with Gasteiger partial charge in [0.2, 0.25) is 0 Å². The largest absolute Gasteiger partial charge is 0.462 e. The topological polar surface area (TPSA) is 36.6 Å². The standard InChI is InChI=1S/C14H23NO2/c1-15(9-12-5-3-2-4-6-12)10-13-7-8-14(11-16)17-13/h7-8,12,16H,2-6,9-11H2,1H3. The normalized spacial score (nSPS) is 17.8. The van der Waals surface area contributed by atoms with Gasteiger partial charge in [-0.2, -0.15) is 0 Å². The summed E-state index contributed by atoms with van der Waals surface area (Å²) >= 11 is 0. The Morgan fingerprint density at radius 2 is 1.94 bits per heavy atom. The third-order valence-corrected chi connectivity index (χ3v) is 3.59. The first kappa shape index (κ1) is 12.7. The molecule has 1 heterocycles. The Morgan fingerprint density at radius 1 is 1.24 bits per heavy atom. The minimum Gasteiger partial charge on any atom is -0.462 e. The monoisotopic (exact) mass is 237 g/mol. The van der Waals surface area contributed by atoms with E-state index in [1.165, 1.54) is 32.1 Å². The van der Waals surface area contributed by atoms with E-state index in [2.05, 4.69) is 11.9 Å². The minimum atomic E-state index is -0.00760. The highest BCUT2D eigenvalue weighted by molar-refractivity contribution is 5.06. The summed E-state index contributed by atoms with van der Waals surface area (Å²) in [6, 6.07) is 3.81. The molecule has 1 aromatic heterocycles. The second-order valence-corrected chi connectivity index (χ2v) is 5.23. The van der Waals surface area contributed by atoms with E-state index in [1.807, 2.05) is 12.1 Å². The van der Waals surface area contributed by atoms with Crippen LogP contribution in [0.1, 0.15) is 43.6 Å². The summed E-state index contributed by atoms with van der Waals surface area (Å²) in [4.78, 5) is 2.33. The quantitative estimate of drug-likeness (QED) is 0.855. The third kappa shape index (κ3) is 3.86. The highest BCUT2D eigenvalue weighted by Crippen LogP contribution is 2.24. The molecule has 0 aromatic carbocycles. The van der Waals surface area contributed by atoms with Gasteiger partial charge in [-0.3, -0.25) is 4.90 Å². The fourth-order valence-corrected chi connectivity index (χ4v) is 2.73. The molecule has 17 heavy (non-hydrogen) atoms. The smallest absolute Gasteiger partial charge is 0.129 e. The summed E-state index contributed by atoms with van der Waals surface area (Å²) < 4.78 is 5.50. The van der Waals surface area contributed by atoms with Crippen molar-refractivity contribution in [2.45, 2.75) is 45.3 Å². The number of furan rings is 1. The van der Waals surface area contributed by atoms with Gasteiger partial charge >= 0.3 is 0 Å². The van der Waals surface area contributed by atoms with E-state index in [0.717, 1.165) is 24.8 Å². The molecule has 1 saturated carbocycles. The summed E-state index contributed by atoms with van der Waals surface area (Å²) in [5.74, 6) is 2.47. The average molecular weight is 237 g/mol. The number of aliphatic hydroxyl groups excluding tert-OH is 1. The third-order valence-electron chi connectivity index (χ3n) is 3.59. The van der Waals surface area contributed by atoms with Gasteiger partial charge in [0.15, 0.2) is 0 Å². The summed E-state index contributed by atoms with van der Waals surface area (Å²) in [6.07, 6.45) is 6.97. The lowest BCUT2D eigenvalue weighted by Crippen LogP contribution is -2.26. The van der Waals surface area contributed by atoms with E-state index >= 15 is 0 Å². The molecule has 0 spiro atoms. The van der Waals surface area contributed by atoms with Gasteiger partial charge in [-0.15, -0.1) is 0 Å². The number of hydrogen-bond acceptors (Lipinski definition) is 3. The van der Waals surface area contributed by atoms with Crippen molar-refractivity contribution in [3.8, 4) is 0 Å². The van der Waals surface area contributed by atoms with Gasteiger partial charge in [-0.1, -0.05) is 19.3 Å². The van der Waals surface area contributed by atoms with Crippen molar-refractivity contribution in [1.29, 1.82) is 0 Å². The van der Waals surface area contributed by atoms with Gasteiger partial charge in [-0.05, 0) is 37.9 Å². The van der Waals surface area contributed by atoms with Crippen molar-refractivity contribution in [3.63, 3.8) is 0 Å². The lowest BCUT2D eigenvalue weighted by molar-refractivity contribution is 0.205. The maximum Gasteiger partial charge on any atom is 0.129 e. The molecule has 0 bridgehead atoms. The van der Waals surface area contributed by atoms with E-state index in [-0.39, 0.29) is 6.61 Å². The average Bonchev–Trinajstić information content (AvgIpc) is 2.78. The molecule has 0 amide bonds. The Bertz CT molecular complexity index is 329. The van der Waals surface area contributed by atoms with E-state index in [0.29, 0.717) is 5.76 Å². The SMILES string of the molecule is CN(Cc1ccc(CO)o1)CC1CCCCC1. The molecule has 3 nitrogen and oxygen atoms in total. The minimum absolute atomic E-state index is 0.00760. The Morgan fingerprint density at radius 3 is 2.59 bits per heavy atom. The van der Waals surface area contributed by atoms with Crippen LogP contribution in [0.2, 0.25) is 0 Å². The highest BCUT2D eigenvalue weighted by atomic mass is 16.4. The molecule has 1 N–H and O–H groups in total. The molecule has 1 aliphatic rings.